The fraction of sp³-hybridized carbons (Fsp3) is 0.500. The van der Waals surface area contributed by atoms with Gasteiger partial charge in [0, 0.05) is 6.04 Å². The number of aliphatic hydroxyl groups is 1. The molecule has 0 spiro atoms. The second kappa shape index (κ2) is 5.13. The average molecular weight is 193 g/mol. The Labute approximate surface area is 85.8 Å². The van der Waals surface area contributed by atoms with E-state index in [1.807, 2.05) is 0 Å². The highest BCUT2D eigenvalue weighted by atomic mass is 16.3. The predicted octanol–water partition coefficient (Wildman–Crippen LogP) is 1.67. The molecule has 14 heavy (non-hydrogen) atoms. The summed E-state index contributed by atoms with van der Waals surface area (Å²) >= 11 is 0. The van der Waals surface area contributed by atoms with E-state index in [0.717, 1.165) is 6.42 Å². The smallest absolute Gasteiger partial charge is 0.0585 e. The van der Waals surface area contributed by atoms with Crippen LogP contribution in [0.3, 0.4) is 0 Å². The first-order chi connectivity index (χ1) is 6.63. The highest BCUT2D eigenvalue weighted by molar-refractivity contribution is 5.25. The first-order valence-corrected chi connectivity index (χ1v) is 5.08. The van der Waals surface area contributed by atoms with Gasteiger partial charge in [-0.2, -0.15) is 0 Å². The van der Waals surface area contributed by atoms with Crippen LogP contribution >= 0.6 is 0 Å². The van der Waals surface area contributed by atoms with Crippen LogP contribution in [0.5, 0.6) is 0 Å². The molecule has 2 heteroatoms. The molecule has 1 rings (SSSR count). The normalized spacial score (nSPS) is 13.2. The molecule has 0 aliphatic heterocycles. The summed E-state index contributed by atoms with van der Waals surface area (Å²) in [5.41, 5.74) is 8.18. The zero-order chi connectivity index (χ0) is 10.6. The SMILES string of the molecule is CC(C)c1ccc(C[C@@H](N)CO)cc1. The van der Waals surface area contributed by atoms with Crippen molar-refractivity contribution in [3.8, 4) is 0 Å². The van der Waals surface area contributed by atoms with Gasteiger partial charge in [0.05, 0.1) is 6.61 Å². The predicted molar refractivity (Wildman–Crippen MR) is 59.3 cm³/mol. The van der Waals surface area contributed by atoms with Crippen LogP contribution in [0.4, 0.5) is 0 Å². The molecule has 0 saturated heterocycles. The molecule has 1 atom stereocenters. The van der Waals surface area contributed by atoms with Gasteiger partial charge in [-0.05, 0) is 23.5 Å². The summed E-state index contributed by atoms with van der Waals surface area (Å²) in [6.07, 6.45) is 0.745. The third kappa shape index (κ3) is 3.13. The molecule has 0 radical (unpaired) electrons. The molecule has 0 saturated carbocycles. The number of benzene rings is 1. The summed E-state index contributed by atoms with van der Waals surface area (Å²) in [4.78, 5) is 0. The Morgan fingerprint density at radius 3 is 2.21 bits per heavy atom. The number of hydrogen-bond donors (Lipinski definition) is 2. The summed E-state index contributed by atoms with van der Waals surface area (Å²) in [5.74, 6) is 0.565. The number of rotatable bonds is 4. The maximum Gasteiger partial charge on any atom is 0.0585 e. The maximum atomic E-state index is 8.81. The van der Waals surface area contributed by atoms with Crippen molar-refractivity contribution in [2.75, 3.05) is 6.61 Å². The molecule has 1 aromatic rings. The first-order valence-electron chi connectivity index (χ1n) is 5.08. The van der Waals surface area contributed by atoms with Crippen LogP contribution in [-0.4, -0.2) is 17.8 Å². The molecule has 0 bridgehead atoms. The quantitative estimate of drug-likeness (QED) is 0.764. The molecule has 0 heterocycles. The van der Waals surface area contributed by atoms with Crippen LogP contribution in [0, 0.1) is 0 Å². The van der Waals surface area contributed by atoms with Gasteiger partial charge >= 0.3 is 0 Å². The van der Waals surface area contributed by atoms with Gasteiger partial charge in [-0.15, -0.1) is 0 Å². The van der Waals surface area contributed by atoms with E-state index in [2.05, 4.69) is 38.1 Å². The Hall–Kier alpha value is -0.860. The summed E-state index contributed by atoms with van der Waals surface area (Å²) < 4.78 is 0. The molecule has 78 valence electrons. The van der Waals surface area contributed by atoms with E-state index in [9.17, 15) is 0 Å². The molecule has 0 aliphatic rings. The molecule has 0 unspecified atom stereocenters. The lowest BCUT2D eigenvalue weighted by molar-refractivity contribution is 0.265. The molecule has 0 aliphatic carbocycles. The molecular formula is C12H19NO. The topological polar surface area (TPSA) is 46.2 Å². The van der Waals surface area contributed by atoms with Crippen molar-refractivity contribution in [2.45, 2.75) is 32.2 Å². The van der Waals surface area contributed by atoms with Gasteiger partial charge in [-0.3, -0.25) is 0 Å². The van der Waals surface area contributed by atoms with E-state index in [1.54, 1.807) is 0 Å². The van der Waals surface area contributed by atoms with Gasteiger partial charge in [0.2, 0.25) is 0 Å². The van der Waals surface area contributed by atoms with Gasteiger partial charge < -0.3 is 10.8 Å². The van der Waals surface area contributed by atoms with Crippen LogP contribution in [-0.2, 0) is 6.42 Å². The number of aliphatic hydroxyl groups excluding tert-OH is 1. The van der Waals surface area contributed by atoms with Crippen molar-refractivity contribution >= 4 is 0 Å². The van der Waals surface area contributed by atoms with Crippen molar-refractivity contribution in [3.63, 3.8) is 0 Å². The van der Waals surface area contributed by atoms with Gasteiger partial charge in [0.15, 0.2) is 0 Å². The van der Waals surface area contributed by atoms with Gasteiger partial charge in [-0.25, -0.2) is 0 Å². The number of hydrogen-bond acceptors (Lipinski definition) is 2. The van der Waals surface area contributed by atoms with E-state index in [1.165, 1.54) is 11.1 Å². The minimum atomic E-state index is -0.139. The van der Waals surface area contributed by atoms with Crippen LogP contribution in [0.15, 0.2) is 24.3 Å². The van der Waals surface area contributed by atoms with Crippen LogP contribution in [0.1, 0.15) is 30.9 Å². The maximum absolute atomic E-state index is 8.81. The summed E-state index contributed by atoms with van der Waals surface area (Å²) in [6, 6.07) is 8.30. The number of nitrogens with two attached hydrogens (primary N) is 1. The van der Waals surface area contributed by atoms with Gasteiger partial charge in [-0.1, -0.05) is 38.1 Å². The largest absolute Gasteiger partial charge is 0.395 e. The minimum absolute atomic E-state index is 0.0476. The fourth-order valence-corrected chi connectivity index (χ4v) is 1.41. The molecule has 3 N–H and O–H groups in total. The standard InChI is InChI=1S/C12H19NO/c1-9(2)11-5-3-10(4-6-11)7-12(13)8-14/h3-6,9,12,14H,7-8,13H2,1-2H3/t12-/m1/s1. The third-order valence-corrected chi connectivity index (χ3v) is 2.38. The zero-order valence-corrected chi connectivity index (χ0v) is 8.90. The average Bonchev–Trinajstić information content (AvgIpc) is 2.18. The Balaban J connectivity index is 2.64. The first kappa shape index (κ1) is 11.2. The lowest BCUT2D eigenvalue weighted by Gasteiger charge is -2.09. The molecule has 2 nitrogen and oxygen atoms in total. The molecule has 0 fully saturated rings. The zero-order valence-electron chi connectivity index (χ0n) is 8.90. The van der Waals surface area contributed by atoms with E-state index >= 15 is 0 Å². The Morgan fingerprint density at radius 1 is 1.21 bits per heavy atom. The van der Waals surface area contributed by atoms with Crippen LogP contribution < -0.4 is 5.73 Å². The van der Waals surface area contributed by atoms with Crippen molar-refractivity contribution in [2.24, 2.45) is 5.73 Å². The van der Waals surface area contributed by atoms with E-state index < -0.39 is 0 Å². The second-order valence-corrected chi connectivity index (χ2v) is 4.04. The lowest BCUT2D eigenvalue weighted by atomic mass is 9.99. The highest BCUT2D eigenvalue weighted by Gasteiger charge is 2.03. The van der Waals surface area contributed by atoms with E-state index in [0.29, 0.717) is 5.92 Å². The van der Waals surface area contributed by atoms with E-state index in [-0.39, 0.29) is 12.6 Å². The molecule has 0 aromatic heterocycles. The van der Waals surface area contributed by atoms with Crippen molar-refractivity contribution in [1.82, 2.24) is 0 Å². The van der Waals surface area contributed by atoms with Crippen LogP contribution in [0.2, 0.25) is 0 Å². The van der Waals surface area contributed by atoms with Gasteiger partial charge in [0.25, 0.3) is 0 Å². The minimum Gasteiger partial charge on any atom is -0.395 e. The van der Waals surface area contributed by atoms with Crippen LogP contribution in [0.25, 0.3) is 0 Å². The Kier molecular flexibility index (Phi) is 4.11. The van der Waals surface area contributed by atoms with E-state index in [4.69, 9.17) is 10.8 Å². The van der Waals surface area contributed by atoms with Gasteiger partial charge in [0.1, 0.15) is 0 Å². The summed E-state index contributed by atoms with van der Waals surface area (Å²) in [7, 11) is 0. The molecule has 1 aromatic carbocycles. The second-order valence-electron chi connectivity index (χ2n) is 4.04. The lowest BCUT2D eigenvalue weighted by Crippen LogP contribution is -2.26. The van der Waals surface area contributed by atoms with Crippen molar-refractivity contribution in [3.05, 3.63) is 35.4 Å². The Morgan fingerprint density at radius 2 is 1.79 bits per heavy atom. The van der Waals surface area contributed by atoms with Crippen molar-refractivity contribution < 1.29 is 5.11 Å². The third-order valence-electron chi connectivity index (χ3n) is 2.38. The molecule has 0 amide bonds. The Bertz CT molecular complexity index is 266. The molecular weight excluding hydrogens is 174 g/mol. The fourth-order valence-electron chi connectivity index (χ4n) is 1.41. The van der Waals surface area contributed by atoms with Crippen molar-refractivity contribution in [1.29, 1.82) is 0 Å². The summed E-state index contributed by atoms with van der Waals surface area (Å²) in [6.45, 7) is 4.40. The monoisotopic (exact) mass is 193 g/mol. The highest BCUT2D eigenvalue weighted by Crippen LogP contribution is 2.15. The summed E-state index contributed by atoms with van der Waals surface area (Å²) in [5, 5.41) is 8.81.